The van der Waals surface area contributed by atoms with Gasteiger partial charge in [0.05, 0.1) is 17.1 Å². The molecular formula is C18H20ClN3O5. The van der Waals surface area contributed by atoms with Crippen LogP contribution >= 0.6 is 11.6 Å². The minimum atomic E-state index is -0.991. The first-order valence-corrected chi connectivity index (χ1v) is 8.79. The minimum Gasteiger partial charge on any atom is -0.484 e. The number of rotatable bonds is 6. The third kappa shape index (κ3) is 5.30. The summed E-state index contributed by atoms with van der Waals surface area (Å²) in [5.41, 5.74) is 0.422. The number of anilines is 1. The predicted molar refractivity (Wildman–Crippen MR) is 99.3 cm³/mol. The Morgan fingerprint density at radius 3 is 2.70 bits per heavy atom. The Balaban J connectivity index is 0.00000126. The van der Waals surface area contributed by atoms with Crippen molar-refractivity contribution in [3.8, 4) is 11.5 Å². The molecule has 0 saturated carbocycles. The average Bonchev–Trinajstić information content (AvgIpc) is 2.68. The summed E-state index contributed by atoms with van der Waals surface area (Å²) >= 11 is 6.23. The van der Waals surface area contributed by atoms with Gasteiger partial charge in [-0.3, -0.25) is 9.59 Å². The standard InChI is InChI=1S/C16H14ClN3O5.C2H6/c17-10-6-11-13(25-9-15(21)20(11)5-2-16(22)23)7-12(10)24-8-14-18-3-1-4-19-14;1-2/h1,3-4,6-7H,2,5,8-9H2,(H,22,23);1-2H3. The molecule has 1 aromatic carbocycles. The number of hydrogen-bond donors (Lipinski definition) is 1. The number of ether oxygens (including phenoxy) is 2. The number of aliphatic carboxylic acids is 1. The van der Waals surface area contributed by atoms with E-state index in [0.717, 1.165) is 0 Å². The molecule has 1 N–H and O–H groups in total. The summed E-state index contributed by atoms with van der Waals surface area (Å²) in [4.78, 5) is 32.2. The van der Waals surface area contributed by atoms with Crippen LogP contribution in [0.3, 0.4) is 0 Å². The third-order valence-electron chi connectivity index (χ3n) is 3.48. The fraction of sp³-hybridized carbons (Fsp3) is 0.333. The highest BCUT2D eigenvalue weighted by Crippen LogP contribution is 2.40. The molecule has 0 fully saturated rings. The molecule has 1 aliphatic heterocycles. The van der Waals surface area contributed by atoms with Crippen molar-refractivity contribution in [1.82, 2.24) is 9.97 Å². The molecule has 0 saturated heterocycles. The van der Waals surface area contributed by atoms with Crippen LogP contribution in [0.1, 0.15) is 26.1 Å². The minimum absolute atomic E-state index is 0.0406. The van der Waals surface area contributed by atoms with Gasteiger partial charge in [-0.2, -0.15) is 0 Å². The number of fused-ring (bicyclic) bond motifs is 1. The molecule has 2 aromatic rings. The van der Waals surface area contributed by atoms with Gasteiger partial charge in [-0.1, -0.05) is 25.4 Å². The van der Waals surface area contributed by atoms with Crippen LogP contribution in [-0.2, 0) is 16.2 Å². The Morgan fingerprint density at radius 1 is 1.33 bits per heavy atom. The average molecular weight is 394 g/mol. The van der Waals surface area contributed by atoms with E-state index in [9.17, 15) is 9.59 Å². The first kappa shape index (κ1) is 20.4. The molecule has 9 heteroatoms. The van der Waals surface area contributed by atoms with Crippen molar-refractivity contribution >= 4 is 29.2 Å². The molecule has 0 atom stereocenters. The van der Waals surface area contributed by atoms with E-state index in [4.69, 9.17) is 26.2 Å². The van der Waals surface area contributed by atoms with Crippen LogP contribution in [0.4, 0.5) is 5.69 Å². The largest absolute Gasteiger partial charge is 0.484 e. The fourth-order valence-corrected chi connectivity index (χ4v) is 2.53. The molecule has 0 spiro atoms. The molecule has 0 unspecified atom stereocenters. The SMILES string of the molecule is CC.O=C(O)CCN1C(=O)COc2cc(OCc3ncccn3)c(Cl)cc21. The number of nitrogens with zero attached hydrogens (tertiary/aromatic N) is 3. The lowest BCUT2D eigenvalue weighted by atomic mass is 10.2. The van der Waals surface area contributed by atoms with Gasteiger partial charge in [-0.25, -0.2) is 9.97 Å². The summed E-state index contributed by atoms with van der Waals surface area (Å²) < 4.78 is 11.0. The fourth-order valence-electron chi connectivity index (χ4n) is 2.31. The van der Waals surface area contributed by atoms with Crippen molar-refractivity contribution in [3.05, 3.63) is 41.4 Å². The molecule has 2 heterocycles. The first-order valence-electron chi connectivity index (χ1n) is 8.42. The topological polar surface area (TPSA) is 102 Å². The number of amides is 1. The zero-order valence-electron chi connectivity index (χ0n) is 15.0. The molecule has 8 nitrogen and oxygen atoms in total. The quantitative estimate of drug-likeness (QED) is 0.804. The van der Waals surface area contributed by atoms with Gasteiger partial charge in [0.1, 0.15) is 18.1 Å². The Bertz CT molecular complexity index is 801. The first-order chi connectivity index (χ1) is 13.0. The summed E-state index contributed by atoms with van der Waals surface area (Å²) in [5.74, 6) is -0.0554. The molecule has 1 amide bonds. The second-order valence-corrected chi connectivity index (χ2v) is 5.59. The molecule has 144 valence electrons. The van der Waals surface area contributed by atoms with E-state index in [1.165, 1.54) is 11.0 Å². The third-order valence-corrected chi connectivity index (χ3v) is 3.78. The zero-order valence-corrected chi connectivity index (χ0v) is 15.8. The normalized spacial score (nSPS) is 12.4. The van der Waals surface area contributed by atoms with Gasteiger partial charge in [0.2, 0.25) is 0 Å². The Hall–Kier alpha value is -2.87. The van der Waals surface area contributed by atoms with Crippen LogP contribution in [0.15, 0.2) is 30.6 Å². The summed E-state index contributed by atoms with van der Waals surface area (Å²) in [6.45, 7) is 4.00. The van der Waals surface area contributed by atoms with Gasteiger partial charge >= 0.3 is 5.97 Å². The van der Waals surface area contributed by atoms with Crippen molar-refractivity contribution in [2.24, 2.45) is 0 Å². The van der Waals surface area contributed by atoms with Crippen LogP contribution in [0.5, 0.6) is 11.5 Å². The summed E-state index contributed by atoms with van der Waals surface area (Å²) in [6.07, 6.45) is 3.04. The van der Waals surface area contributed by atoms with Crippen LogP contribution in [0.25, 0.3) is 0 Å². The smallest absolute Gasteiger partial charge is 0.305 e. The number of benzene rings is 1. The van der Waals surface area contributed by atoms with E-state index in [1.807, 2.05) is 13.8 Å². The van der Waals surface area contributed by atoms with Crippen LogP contribution < -0.4 is 14.4 Å². The van der Waals surface area contributed by atoms with Gasteiger partial charge in [-0.05, 0) is 12.1 Å². The molecule has 1 aromatic heterocycles. The molecule has 0 bridgehead atoms. The number of carboxylic acids is 1. The zero-order chi connectivity index (χ0) is 19.8. The number of carbonyl (C=O) groups excluding carboxylic acids is 1. The van der Waals surface area contributed by atoms with E-state index < -0.39 is 5.97 Å². The van der Waals surface area contributed by atoms with Crippen LogP contribution in [-0.4, -0.2) is 40.1 Å². The molecular weight excluding hydrogens is 374 g/mol. The summed E-state index contributed by atoms with van der Waals surface area (Å²) in [5, 5.41) is 9.10. The van der Waals surface area contributed by atoms with E-state index >= 15 is 0 Å². The van der Waals surface area contributed by atoms with Crippen molar-refractivity contribution in [2.45, 2.75) is 26.9 Å². The molecule has 0 radical (unpaired) electrons. The number of carbonyl (C=O) groups is 2. The lowest BCUT2D eigenvalue weighted by molar-refractivity contribution is -0.136. The highest BCUT2D eigenvalue weighted by molar-refractivity contribution is 6.32. The van der Waals surface area contributed by atoms with Gasteiger partial charge < -0.3 is 19.5 Å². The van der Waals surface area contributed by atoms with E-state index in [2.05, 4.69) is 9.97 Å². The van der Waals surface area contributed by atoms with E-state index in [-0.39, 0.29) is 37.1 Å². The lowest BCUT2D eigenvalue weighted by Crippen LogP contribution is -2.40. The maximum absolute atomic E-state index is 12.0. The Kier molecular flexibility index (Phi) is 7.36. The number of halogens is 1. The molecule has 3 rings (SSSR count). The Morgan fingerprint density at radius 2 is 2.04 bits per heavy atom. The molecule has 27 heavy (non-hydrogen) atoms. The predicted octanol–water partition coefficient (Wildman–Crippen LogP) is 2.94. The molecule has 1 aliphatic rings. The van der Waals surface area contributed by atoms with E-state index in [1.54, 1.807) is 24.5 Å². The van der Waals surface area contributed by atoms with Gasteiger partial charge in [0, 0.05) is 25.0 Å². The van der Waals surface area contributed by atoms with Crippen molar-refractivity contribution in [1.29, 1.82) is 0 Å². The monoisotopic (exact) mass is 393 g/mol. The number of hydrogen-bond acceptors (Lipinski definition) is 6. The number of aromatic nitrogens is 2. The van der Waals surface area contributed by atoms with E-state index in [0.29, 0.717) is 23.0 Å². The van der Waals surface area contributed by atoms with Gasteiger partial charge in [0.15, 0.2) is 12.4 Å². The molecule has 0 aliphatic carbocycles. The maximum Gasteiger partial charge on any atom is 0.305 e. The Labute approximate surface area is 161 Å². The summed E-state index contributed by atoms with van der Waals surface area (Å²) in [6, 6.07) is 4.80. The highest BCUT2D eigenvalue weighted by atomic mass is 35.5. The second kappa shape index (κ2) is 9.72. The van der Waals surface area contributed by atoms with Gasteiger partial charge in [0.25, 0.3) is 5.91 Å². The van der Waals surface area contributed by atoms with Crippen molar-refractivity contribution in [3.63, 3.8) is 0 Å². The highest BCUT2D eigenvalue weighted by Gasteiger charge is 2.27. The van der Waals surface area contributed by atoms with Crippen molar-refractivity contribution in [2.75, 3.05) is 18.1 Å². The summed E-state index contributed by atoms with van der Waals surface area (Å²) in [7, 11) is 0. The lowest BCUT2D eigenvalue weighted by Gasteiger charge is -2.29. The maximum atomic E-state index is 12.0. The van der Waals surface area contributed by atoms with Crippen LogP contribution in [0, 0.1) is 0 Å². The second-order valence-electron chi connectivity index (χ2n) is 5.18. The van der Waals surface area contributed by atoms with Gasteiger partial charge in [-0.15, -0.1) is 0 Å². The van der Waals surface area contributed by atoms with Crippen molar-refractivity contribution < 1.29 is 24.2 Å². The number of carboxylic acid groups (broad SMARTS) is 1. The van der Waals surface area contributed by atoms with Crippen LogP contribution in [0.2, 0.25) is 5.02 Å².